The van der Waals surface area contributed by atoms with Gasteiger partial charge in [0.25, 0.3) is 5.56 Å². The Hall–Kier alpha value is -2.95. The number of rotatable bonds is 4. The summed E-state index contributed by atoms with van der Waals surface area (Å²) in [5.41, 5.74) is 2.10. The van der Waals surface area contributed by atoms with Gasteiger partial charge in [-0.15, -0.1) is 0 Å². The monoisotopic (exact) mass is 376 g/mol. The molecule has 1 atom stereocenters. The highest BCUT2D eigenvalue weighted by Gasteiger charge is 2.15. The largest absolute Gasteiger partial charge is 0.386 e. The number of hydrogen-bond donors (Lipinski definition) is 1. The standard InChI is InChI=1S/C22H17ClN2O2/c23-17-12-10-15(11-13-17)20(26)14-25-22(27)19-9-5-4-8-18(19)21(24-25)16-6-2-1-3-7-16/h1-13,20,26H,14H2/t20-/m1/s1. The van der Waals surface area contributed by atoms with Gasteiger partial charge in [0.1, 0.15) is 0 Å². The second kappa shape index (κ2) is 7.35. The molecule has 0 aliphatic heterocycles. The van der Waals surface area contributed by atoms with Gasteiger partial charge in [-0.25, -0.2) is 4.68 Å². The molecule has 0 saturated heterocycles. The lowest BCUT2D eigenvalue weighted by Gasteiger charge is -2.15. The van der Waals surface area contributed by atoms with Gasteiger partial charge in [0.05, 0.1) is 23.7 Å². The summed E-state index contributed by atoms with van der Waals surface area (Å²) in [6.45, 7) is 0.0606. The predicted molar refractivity (Wildman–Crippen MR) is 108 cm³/mol. The van der Waals surface area contributed by atoms with Crippen LogP contribution in [0.3, 0.4) is 0 Å². The second-order valence-corrected chi connectivity index (χ2v) is 6.75. The molecule has 134 valence electrons. The zero-order valence-corrected chi connectivity index (χ0v) is 15.2. The summed E-state index contributed by atoms with van der Waals surface area (Å²) in [6.07, 6.45) is -0.864. The quantitative estimate of drug-likeness (QED) is 0.572. The van der Waals surface area contributed by atoms with Crippen molar-refractivity contribution in [2.24, 2.45) is 0 Å². The fourth-order valence-corrected chi connectivity index (χ4v) is 3.25. The summed E-state index contributed by atoms with van der Waals surface area (Å²) in [5, 5.41) is 17.1. The Labute approximate surface area is 161 Å². The van der Waals surface area contributed by atoms with Gasteiger partial charge in [-0.05, 0) is 23.8 Å². The van der Waals surface area contributed by atoms with Crippen molar-refractivity contribution in [3.05, 3.63) is 99.8 Å². The predicted octanol–water partition coefficient (Wildman–Crippen LogP) is 4.45. The number of nitrogens with zero attached hydrogens (tertiary/aromatic N) is 2. The Bertz CT molecular complexity index is 1140. The van der Waals surface area contributed by atoms with Crippen LogP contribution in [0.25, 0.3) is 22.0 Å². The van der Waals surface area contributed by atoms with Crippen LogP contribution in [0.2, 0.25) is 5.02 Å². The molecule has 1 aromatic heterocycles. The Kier molecular flexibility index (Phi) is 4.75. The van der Waals surface area contributed by atoms with Crippen LogP contribution in [0.1, 0.15) is 11.7 Å². The number of halogens is 1. The van der Waals surface area contributed by atoms with Crippen molar-refractivity contribution >= 4 is 22.4 Å². The van der Waals surface area contributed by atoms with Crippen LogP contribution >= 0.6 is 11.6 Å². The van der Waals surface area contributed by atoms with E-state index in [9.17, 15) is 9.90 Å². The minimum Gasteiger partial charge on any atom is -0.386 e. The highest BCUT2D eigenvalue weighted by Crippen LogP contribution is 2.25. The molecule has 4 rings (SSSR count). The van der Waals surface area contributed by atoms with E-state index >= 15 is 0 Å². The first kappa shape index (κ1) is 17.5. The fourth-order valence-electron chi connectivity index (χ4n) is 3.12. The van der Waals surface area contributed by atoms with Crippen molar-refractivity contribution < 1.29 is 5.11 Å². The molecule has 0 aliphatic carbocycles. The molecule has 1 heterocycles. The average Bonchev–Trinajstić information content (AvgIpc) is 2.71. The molecule has 0 spiro atoms. The molecular formula is C22H17ClN2O2. The molecule has 0 radical (unpaired) electrons. The Morgan fingerprint density at radius 3 is 2.22 bits per heavy atom. The smallest absolute Gasteiger partial charge is 0.274 e. The normalized spacial score (nSPS) is 12.2. The van der Waals surface area contributed by atoms with Gasteiger partial charge in [0, 0.05) is 16.0 Å². The topological polar surface area (TPSA) is 55.1 Å². The van der Waals surface area contributed by atoms with Crippen molar-refractivity contribution in [1.29, 1.82) is 0 Å². The lowest BCUT2D eigenvalue weighted by molar-refractivity contribution is 0.150. The third-order valence-electron chi connectivity index (χ3n) is 4.52. The molecule has 1 N–H and O–H groups in total. The number of hydrogen-bond acceptors (Lipinski definition) is 3. The zero-order chi connectivity index (χ0) is 18.8. The summed E-state index contributed by atoms with van der Waals surface area (Å²) in [5.74, 6) is 0. The van der Waals surface area contributed by atoms with Crippen molar-refractivity contribution in [2.75, 3.05) is 0 Å². The molecule has 0 fully saturated rings. The van der Waals surface area contributed by atoms with Crippen LogP contribution in [0, 0.1) is 0 Å². The number of aromatic nitrogens is 2. The molecule has 0 saturated carbocycles. The van der Waals surface area contributed by atoms with Crippen LogP contribution in [-0.2, 0) is 6.54 Å². The van der Waals surface area contributed by atoms with E-state index in [1.165, 1.54) is 4.68 Å². The summed E-state index contributed by atoms with van der Waals surface area (Å²) in [4.78, 5) is 12.9. The van der Waals surface area contributed by atoms with Crippen LogP contribution in [0.5, 0.6) is 0 Å². The highest BCUT2D eigenvalue weighted by atomic mass is 35.5. The maximum atomic E-state index is 12.9. The summed E-state index contributed by atoms with van der Waals surface area (Å²) in [7, 11) is 0. The lowest BCUT2D eigenvalue weighted by atomic mass is 10.0. The SMILES string of the molecule is O=c1c2ccccc2c(-c2ccccc2)nn1C[C@@H](O)c1ccc(Cl)cc1. The van der Waals surface area contributed by atoms with Crippen molar-refractivity contribution in [3.63, 3.8) is 0 Å². The van der Waals surface area contributed by atoms with Crippen LogP contribution in [0.4, 0.5) is 0 Å². The van der Waals surface area contributed by atoms with E-state index in [2.05, 4.69) is 5.10 Å². The molecule has 4 aromatic rings. The van der Waals surface area contributed by atoms with E-state index in [1.54, 1.807) is 30.3 Å². The third-order valence-corrected chi connectivity index (χ3v) is 4.77. The third kappa shape index (κ3) is 3.50. The Balaban J connectivity index is 1.82. The molecule has 5 heteroatoms. The number of fused-ring (bicyclic) bond motifs is 1. The maximum Gasteiger partial charge on any atom is 0.274 e. The van der Waals surface area contributed by atoms with E-state index in [1.807, 2.05) is 48.5 Å². The first-order valence-corrected chi connectivity index (χ1v) is 9.00. The number of benzene rings is 3. The van der Waals surface area contributed by atoms with Gasteiger partial charge in [0.2, 0.25) is 0 Å². The highest BCUT2D eigenvalue weighted by molar-refractivity contribution is 6.30. The van der Waals surface area contributed by atoms with Gasteiger partial charge in [-0.2, -0.15) is 5.10 Å². The van der Waals surface area contributed by atoms with Crippen LogP contribution in [0.15, 0.2) is 83.7 Å². The van der Waals surface area contributed by atoms with E-state index < -0.39 is 6.10 Å². The Morgan fingerprint density at radius 2 is 1.52 bits per heavy atom. The van der Waals surface area contributed by atoms with E-state index in [0.29, 0.717) is 21.7 Å². The summed E-state index contributed by atoms with van der Waals surface area (Å²) >= 11 is 5.91. The van der Waals surface area contributed by atoms with Crippen molar-refractivity contribution in [2.45, 2.75) is 12.6 Å². The molecule has 27 heavy (non-hydrogen) atoms. The molecule has 3 aromatic carbocycles. The maximum absolute atomic E-state index is 12.9. The first-order valence-electron chi connectivity index (χ1n) is 8.62. The number of aliphatic hydroxyl groups excluding tert-OH is 1. The van der Waals surface area contributed by atoms with Crippen molar-refractivity contribution in [3.8, 4) is 11.3 Å². The molecule has 0 bridgehead atoms. The van der Waals surface area contributed by atoms with Gasteiger partial charge < -0.3 is 5.11 Å². The van der Waals surface area contributed by atoms with E-state index in [4.69, 9.17) is 11.6 Å². The fraction of sp³-hybridized carbons (Fsp3) is 0.0909. The van der Waals surface area contributed by atoms with Crippen LogP contribution in [-0.4, -0.2) is 14.9 Å². The van der Waals surface area contributed by atoms with Gasteiger partial charge in [0.15, 0.2) is 0 Å². The zero-order valence-electron chi connectivity index (χ0n) is 14.4. The van der Waals surface area contributed by atoms with Gasteiger partial charge >= 0.3 is 0 Å². The first-order chi connectivity index (χ1) is 13.1. The minimum atomic E-state index is -0.864. The summed E-state index contributed by atoms with van der Waals surface area (Å²) in [6, 6.07) is 24.1. The molecule has 0 amide bonds. The van der Waals surface area contributed by atoms with E-state index in [0.717, 1.165) is 10.9 Å². The van der Waals surface area contributed by atoms with Crippen LogP contribution < -0.4 is 5.56 Å². The van der Waals surface area contributed by atoms with Crippen molar-refractivity contribution in [1.82, 2.24) is 9.78 Å². The van der Waals surface area contributed by atoms with Gasteiger partial charge in [-0.3, -0.25) is 4.79 Å². The average molecular weight is 377 g/mol. The molecule has 0 aliphatic rings. The van der Waals surface area contributed by atoms with E-state index in [-0.39, 0.29) is 12.1 Å². The minimum absolute atomic E-state index is 0.0606. The molecule has 0 unspecified atom stereocenters. The summed E-state index contributed by atoms with van der Waals surface area (Å²) < 4.78 is 1.34. The second-order valence-electron chi connectivity index (χ2n) is 6.31. The molecule has 4 nitrogen and oxygen atoms in total. The number of aliphatic hydroxyl groups is 1. The molecular weight excluding hydrogens is 360 g/mol. The lowest BCUT2D eigenvalue weighted by Crippen LogP contribution is -2.26. The Morgan fingerprint density at radius 1 is 0.889 bits per heavy atom. The van der Waals surface area contributed by atoms with Gasteiger partial charge in [-0.1, -0.05) is 72.3 Å².